The van der Waals surface area contributed by atoms with Gasteiger partial charge in [-0.1, -0.05) is 157 Å². The van der Waals surface area contributed by atoms with Gasteiger partial charge in [-0.25, -0.2) is 0 Å². The van der Waals surface area contributed by atoms with Gasteiger partial charge in [-0.3, -0.25) is 0 Å². The first kappa shape index (κ1) is 12.3. The molecule has 3 nitrogen and oxygen atoms in total. The number of para-hydroxylation sites is 3. The van der Waals surface area contributed by atoms with Crippen LogP contribution in [0.15, 0.2) is 193 Å². The average Bonchev–Trinajstić information content (AvgIpc) is 1.18. The minimum Gasteiger partial charge on any atom is -0.551 e. The van der Waals surface area contributed by atoms with Crippen LogP contribution in [0.1, 0.15) is 43.9 Å². The molecule has 0 amide bonds. The maximum atomic E-state index is 10.4. The van der Waals surface area contributed by atoms with Gasteiger partial charge in [-0.05, 0) is 56.5 Å². The van der Waals surface area contributed by atoms with Gasteiger partial charge >= 0.3 is 6.92 Å². The molecular formula is C48H32BNO2Si. The van der Waals surface area contributed by atoms with E-state index < -0.39 is 296 Å². The van der Waals surface area contributed by atoms with Crippen LogP contribution in [0.5, 0.6) is 17.2 Å². The summed E-state index contributed by atoms with van der Waals surface area (Å²) >= 11 is 0. The molecule has 9 aromatic rings. The van der Waals surface area contributed by atoms with Gasteiger partial charge in [-0.2, -0.15) is 0 Å². The predicted octanol–water partition coefficient (Wildman–Crippen LogP) is 7.43. The lowest BCUT2D eigenvalue weighted by molar-refractivity contribution is 0.479. The second-order valence-corrected chi connectivity index (χ2v) is 15.0. The Morgan fingerprint density at radius 2 is 1.00 bits per heavy atom. The van der Waals surface area contributed by atoms with Gasteiger partial charge in [0.15, 0.2) is 8.07 Å². The first-order valence-corrected chi connectivity index (χ1v) is 17.6. The summed E-state index contributed by atoms with van der Waals surface area (Å²) in [6.07, 6.45) is 0. The van der Waals surface area contributed by atoms with E-state index in [-0.39, 0.29) is 0 Å². The Bertz CT molecular complexity index is 4390. The van der Waals surface area contributed by atoms with Crippen molar-refractivity contribution in [1.29, 1.82) is 0 Å². The van der Waals surface area contributed by atoms with Crippen molar-refractivity contribution in [2.24, 2.45) is 0 Å². The molecule has 248 valence electrons. The Morgan fingerprint density at radius 3 is 1.62 bits per heavy atom. The lowest BCUT2D eigenvalue weighted by Gasteiger charge is -2.37. The van der Waals surface area contributed by atoms with Crippen molar-refractivity contribution >= 4 is 68.5 Å². The fraction of sp³-hybridized carbons (Fsp3) is 0. The van der Waals surface area contributed by atoms with E-state index in [4.69, 9.17) is 34.1 Å². The molecule has 3 heterocycles. The molecule has 53 heavy (non-hydrogen) atoms. The Balaban J connectivity index is 1.41. The largest absolute Gasteiger partial charge is 0.551 e. The van der Waals surface area contributed by atoms with Crippen LogP contribution >= 0.6 is 0 Å². The number of rotatable bonds is 5. The normalized spacial score (nSPS) is 21.2. The van der Waals surface area contributed by atoms with Crippen molar-refractivity contribution < 1.29 is 53.3 Å². The van der Waals surface area contributed by atoms with Crippen molar-refractivity contribution in [1.82, 2.24) is 4.57 Å². The van der Waals surface area contributed by atoms with E-state index in [1.807, 2.05) is 0 Å². The summed E-state index contributed by atoms with van der Waals surface area (Å²) < 4.78 is 308. The van der Waals surface area contributed by atoms with Crippen molar-refractivity contribution in [2.45, 2.75) is 0 Å². The fourth-order valence-corrected chi connectivity index (χ4v) is 10.3. The average molecular weight is 726 g/mol. The van der Waals surface area contributed by atoms with Crippen LogP contribution in [-0.2, 0) is 0 Å². The standard InChI is InChI=1S/C48H32BNO2Si/c1-4-16-34(17-5-1)53(35-18-6-2-7-19-35,36-20-8-3-9-21-36)37-28-29-42-46(32-37)51-47-31-33(30-41-40-24-12-15-27-45(40)52-49(42)48(41)47)50-43-25-13-10-22-38(43)39-23-11-14-26-44(39)50/h1-32H/i1D,2D,3D,4D,5D,6D,7D,8D,9D,10D,11D,12D,13D,14D,15D,16D,17D,18D,19D,20D,21D,22D,23D,24D,25D,26D,27D,28D,29D,30D,31D,32D. The van der Waals surface area contributed by atoms with Gasteiger partial charge in [0.05, 0.1) is 60.6 Å². The molecule has 0 saturated heterocycles. The van der Waals surface area contributed by atoms with Gasteiger partial charge in [0, 0.05) is 33.3 Å². The molecule has 0 radical (unpaired) electrons. The highest BCUT2D eigenvalue weighted by Crippen LogP contribution is 2.41. The number of hydrogen-bond acceptors (Lipinski definition) is 2. The van der Waals surface area contributed by atoms with Crippen LogP contribution in [0.4, 0.5) is 0 Å². The molecule has 5 heteroatoms. The zero-order chi connectivity index (χ0) is 62.8. The number of ether oxygens (including phenoxy) is 1. The highest BCUT2D eigenvalue weighted by Gasteiger charge is 2.45. The molecule has 0 fully saturated rings. The second kappa shape index (κ2) is 11.7. The number of nitrogens with zero attached hydrogens (tertiary/aromatic N) is 1. The Kier molecular flexibility index (Phi) is 2.72. The molecular weight excluding hydrogens is 661 g/mol. The molecule has 0 unspecified atom stereocenters. The third kappa shape index (κ3) is 4.41. The van der Waals surface area contributed by atoms with Crippen molar-refractivity contribution in [2.75, 3.05) is 0 Å². The predicted molar refractivity (Wildman–Crippen MR) is 222 cm³/mol. The highest BCUT2D eigenvalue weighted by atomic mass is 28.3. The van der Waals surface area contributed by atoms with E-state index in [9.17, 15) is 19.2 Å². The number of aromatic nitrogens is 1. The molecule has 2 aliphatic heterocycles. The first-order valence-electron chi connectivity index (χ1n) is 31.6. The summed E-state index contributed by atoms with van der Waals surface area (Å²) in [5.74, 6) is -2.74. The first-order chi connectivity index (χ1) is 39.6. The molecule has 0 N–H and O–H groups in total. The number of benzene rings is 8. The van der Waals surface area contributed by atoms with Gasteiger partial charge in [0.2, 0.25) is 0 Å². The smallest absolute Gasteiger partial charge is 0.434 e. The molecule has 11 rings (SSSR count). The van der Waals surface area contributed by atoms with Gasteiger partial charge in [0.25, 0.3) is 0 Å². The Labute approximate surface area is 354 Å². The lowest BCUT2D eigenvalue weighted by Crippen LogP contribution is -2.75. The molecule has 0 bridgehead atoms. The third-order valence-electron chi connectivity index (χ3n) is 8.92. The molecule has 0 atom stereocenters. The molecule has 0 aliphatic carbocycles. The van der Waals surface area contributed by atoms with Crippen LogP contribution in [0.3, 0.4) is 0 Å². The van der Waals surface area contributed by atoms with Crippen LogP contribution < -0.4 is 41.1 Å². The quantitative estimate of drug-likeness (QED) is 0.136. The highest BCUT2D eigenvalue weighted by molar-refractivity contribution is 7.20. The third-order valence-corrected chi connectivity index (χ3v) is 12.9. The minimum atomic E-state index is -6.43. The SMILES string of the molecule is [2H]c1c([2H])c([2H])c([Si](c2c([2H])c([2H])c([2H])c([2H])c2[2H])(c2c([2H])c([2H])c([2H])c([2H])c2[2H])c2c([2H])c([2H])c3c(c2[2H])Oc2c([2H])c(-n4c5c([2H])c([2H])c([2H])c([2H])c5c5c([2H])c([2H])c([2H])c([2H])c54)c([2H])c4c2B3Oc2c([2H])c([2H])c([2H])c([2H])c2-4)c([2H])c1[2H]. The lowest BCUT2D eigenvalue weighted by atomic mass is 9.51. The van der Waals surface area contributed by atoms with Gasteiger partial charge in [-0.15, -0.1) is 0 Å². The summed E-state index contributed by atoms with van der Waals surface area (Å²) in [4.78, 5) is 0. The summed E-state index contributed by atoms with van der Waals surface area (Å²) in [5, 5.41) is -5.73. The van der Waals surface area contributed by atoms with E-state index in [2.05, 4.69) is 0 Å². The van der Waals surface area contributed by atoms with Crippen LogP contribution in [0.25, 0.3) is 38.6 Å². The van der Waals surface area contributed by atoms with Crippen molar-refractivity contribution in [3.63, 3.8) is 0 Å². The molecule has 2 aliphatic rings. The zero-order valence-corrected chi connectivity index (χ0v) is 27.3. The van der Waals surface area contributed by atoms with E-state index in [1.54, 1.807) is 0 Å². The molecule has 0 spiro atoms. The molecule has 0 saturated carbocycles. The topological polar surface area (TPSA) is 23.4 Å². The maximum absolute atomic E-state index is 10.4. The van der Waals surface area contributed by atoms with E-state index >= 15 is 0 Å². The number of fused-ring (bicyclic) bond motifs is 7. The Hall–Kier alpha value is -6.56. The summed E-state index contributed by atoms with van der Waals surface area (Å²) in [5.41, 5.74) is -4.73. The van der Waals surface area contributed by atoms with Crippen LogP contribution in [0.2, 0.25) is 0 Å². The van der Waals surface area contributed by atoms with Gasteiger partial charge < -0.3 is 14.0 Å². The summed E-state index contributed by atoms with van der Waals surface area (Å²) in [6, 6.07) is -35.0. The number of hydrogen-bond donors (Lipinski definition) is 0. The van der Waals surface area contributed by atoms with E-state index in [1.165, 1.54) is 0 Å². The fourth-order valence-electron chi connectivity index (χ4n) is 6.75. The Morgan fingerprint density at radius 1 is 0.453 bits per heavy atom. The summed E-state index contributed by atoms with van der Waals surface area (Å²) in [6.45, 7) is -2.15. The van der Waals surface area contributed by atoms with Gasteiger partial charge in [0.1, 0.15) is 17.2 Å². The van der Waals surface area contributed by atoms with Crippen molar-refractivity contribution in [3.05, 3.63) is 193 Å². The van der Waals surface area contributed by atoms with Crippen molar-refractivity contribution in [3.8, 4) is 34.1 Å². The molecule has 8 aromatic carbocycles. The minimum absolute atomic E-state index is 0.540. The van der Waals surface area contributed by atoms with E-state index in [0.29, 0.717) is 0 Å². The van der Waals surface area contributed by atoms with Crippen LogP contribution in [0, 0.1) is 0 Å². The van der Waals surface area contributed by atoms with E-state index in [0.717, 1.165) is 4.57 Å². The summed E-state index contributed by atoms with van der Waals surface area (Å²) in [7, 11) is -6.43. The maximum Gasteiger partial charge on any atom is 0.434 e. The second-order valence-electron chi connectivity index (χ2n) is 11.5. The zero-order valence-electron chi connectivity index (χ0n) is 58.3. The van der Waals surface area contributed by atoms with Crippen LogP contribution in [-0.4, -0.2) is 19.6 Å². The molecule has 1 aromatic heterocycles. The monoisotopic (exact) mass is 725 g/mol.